The molecular formula is C16H25N5O4. The van der Waals surface area contributed by atoms with E-state index in [1.54, 1.807) is 12.0 Å². The Kier molecular flexibility index (Phi) is 5.33. The van der Waals surface area contributed by atoms with Crippen LogP contribution in [0.5, 0.6) is 0 Å². The first-order chi connectivity index (χ1) is 12.1. The van der Waals surface area contributed by atoms with E-state index in [0.29, 0.717) is 38.1 Å². The average Bonchev–Trinajstić information content (AvgIpc) is 3.16. The van der Waals surface area contributed by atoms with Crippen LogP contribution in [0.2, 0.25) is 0 Å². The molecule has 3 atom stereocenters. The number of methoxy groups -OCH3 is 1. The number of likely N-dealkylation sites (tertiary alicyclic amines) is 1. The highest BCUT2D eigenvalue weighted by atomic mass is 16.5. The van der Waals surface area contributed by atoms with Gasteiger partial charge < -0.3 is 19.7 Å². The van der Waals surface area contributed by atoms with Crippen LogP contribution in [-0.2, 0) is 14.3 Å². The minimum absolute atomic E-state index is 0.00403. The number of rotatable bonds is 4. The molecule has 0 aliphatic carbocycles. The van der Waals surface area contributed by atoms with Crippen molar-refractivity contribution in [3.8, 4) is 0 Å². The van der Waals surface area contributed by atoms with Gasteiger partial charge in [0.1, 0.15) is 0 Å². The summed E-state index contributed by atoms with van der Waals surface area (Å²) in [6.07, 6.45) is 4.28. The first-order valence-electron chi connectivity index (χ1n) is 8.66. The second-order valence-electron chi connectivity index (χ2n) is 6.75. The van der Waals surface area contributed by atoms with Gasteiger partial charge in [0, 0.05) is 32.3 Å². The number of carbonyl (C=O) groups excluding carboxylic acids is 2. The molecule has 0 bridgehead atoms. The molecule has 0 aromatic carbocycles. The second kappa shape index (κ2) is 7.49. The molecule has 3 rings (SSSR count). The van der Waals surface area contributed by atoms with Gasteiger partial charge in [-0.25, -0.2) is 0 Å². The van der Waals surface area contributed by atoms with E-state index in [1.165, 1.54) is 6.20 Å². The van der Waals surface area contributed by atoms with Crippen molar-refractivity contribution in [1.82, 2.24) is 25.6 Å². The van der Waals surface area contributed by atoms with Crippen LogP contribution < -0.4 is 5.32 Å². The number of aromatic nitrogens is 3. The third-order valence-electron chi connectivity index (χ3n) is 5.12. The van der Waals surface area contributed by atoms with Gasteiger partial charge >= 0.3 is 0 Å². The third kappa shape index (κ3) is 3.67. The average molecular weight is 351 g/mol. The van der Waals surface area contributed by atoms with Gasteiger partial charge in [-0.15, -0.1) is 0 Å². The Morgan fingerprint density at radius 2 is 2.36 bits per heavy atom. The van der Waals surface area contributed by atoms with Crippen LogP contribution in [0.1, 0.15) is 43.1 Å². The maximum absolute atomic E-state index is 12.7. The summed E-state index contributed by atoms with van der Waals surface area (Å²) in [4.78, 5) is 26.9. The van der Waals surface area contributed by atoms with E-state index >= 15 is 0 Å². The summed E-state index contributed by atoms with van der Waals surface area (Å²) in [7, 11) is 1.55. The van der Waals surface area contributed by atoms with Gasteiger partial charge in [-0.1, -0.05) is 0 Å². The number of carbonyl (C=O) groups is 2. The molecule has 3 unspecified atom stereocenters. The molecular weight excluding hydrogens is 326 g/mol. The first-order valence-corrected chi connectivity index (χ1v) is 8.66. The van der Waals surface area contributed by atoms with E-state index in [9.17, 15) is 9.59 Å². The maximum atomic E-state index is 12.7. The van der Waals surface area contributed by atoms with Gasteiger partial charge in [0.25, 0.3) is 11.8 Å². The van der Waals surface area contributed by atoms with E-state index in [4.69, 9.17) is 9.47 Å². The van der Waals surface area contributed by atoms with Gasteiger partial charge in [-0.3, -0.25) is 9.59 Å². The zero-order valence-corrected chi connectivity index (χ0v) is 14.7. The number of H-pyrrole nitrogens is 1. The molecule has 9 nitrogen and oxygen atoms in total. The van der Waals surface area contributed by atoms with Gasteiger partial charge in [0.05, 0.1) is 12.8 Å². The fourth-order valence-corrected chi connectivity index (χ4v) is 3.58. The van der Waals surface area contributed by atoms with E-state index in [1.807, 2.05) is 6.92 Å². The lowest BCUT2D eigenvalue weighted by Crippen LogP contribution is -2.58. The monoisotopic (exact) mass is 351 g/mol. The zero-order chi connectivity index (χ0) is 17.9. The summed E-state index contributed by atoms with van der Waals surface area (Å²) in [6, 6.07) is 0.0159. The smallest absolute Gasteiger partial charge is 0.276 e. The fourth-order valence-electron chi connectivity index (χ4n) is 3.58. The molecule has 2 aliphatic heterocycles. The SMILES string of the molecule is COC1(C(=O)NC2CCN(C(=O)c3cn[nH]n3)C(C)C2)CCCOC1. The zero-order valence-electron chi connectivity index (χ0n) is 14.7. The van der Waals surface area contributed by atoms with Crippen LogP contribution >= 0.6 is 0 Å². The highest BCUT2D eigenvalue weighted by Crippen LogP contribution is 2.25. The predicted octanol–water partition coefficient (Wildman–Crippen LogP) is 0.110. The van der Waals surface area contributed by atoms with Gasteiger partial charge in [0.15, 0.2) is 11.3 Å². The lowest BCUT2D eigenvalue weighted by atomic mass is 9.92. The number of piperidine rings is 1. The third-order valence-corrected chi connectivity index (χ3v) is 5.12. The van der Waals surface area contributed by atoms with Gasteiger partial charge in [-0.2, -0.15) is 15.4 Å². The van der Waals surface area contributed by atoms with E-state index in [2.05, 4.69) is 20.7 Å². The van der Waals surface area contributed by atoms with E-state index in [0.717, 1.165) is 6.42 Å². The van der Waals surface area contributed by atoms with Crippen LogP contribution in [0, 0.1) is 0 Å². The Morgan fingerprint density at radius 1 is 1.52 bits per heavy atom. The molecule has 2 fully saturated rings. The molecule has 1 aromatic rings. The molecule has 3 heterocycles. The lowest BCUT2D eigenvalue weighted by Gasteiger charge is -2.40. The number of hydrogen-bond acceptors (Lipinski definition) is 6. The molecule has 138 valence electrons. The largest absolute Gasteiger partial charge is 0.378 e. The molecule has 0 spiro atoms. The van der Waals surface area contributed by atoms with Crippen molar-refractivity contribution in [2.45, 2.75) is 50.3 Å². The van der Waals surface area contributed by atoms with Crippen molar-refractivity contribution in [1.29, 1.82) is 0 Å². The summed E-state index contributed by atoms with van der Waals surface area (Å²) >= 11 is 0. The fraction of sp³-hybridized carbons (Fsp3) is 0.750. The molecule has 2 amide bonds. The van der Waals surface area contributed by atoms with E-state index in [-0.39, 0.29) is 30.5 Å². The minimum Gasteiger partial charge on any atom is -0.378 e. The van der Waals surface area contributed by atoms with Crippen molar-refractivity contribution in [2.24, 2.45) is 0 Å². The minimum atomic E-state index is -0.894. The van der Waals surface area contributed by atoms with Crippen molar-refractivity contribution >= 4 is 11.8 Å². The van der Waals surface area contributed by atoms with Crippen LogP contribution in [-0.4, -0.2) is 76.7 Å². The number of aromatic amines is 1. The Hall–Kier alpha value is -2.00. The van der Waals surface area contributed by atoms with Crippen LogP contribution in [0.3, 0.4) is 0 Å². The summed E-state index contributed by atoms with van der Waals surface area (Å²) in [5, 5.41) is 13.1. The number of amides is 2. The Bertz CT molecular complexity index is 600. The summed E-state index contributed by atoms with van der Waals surface area (Å²) in [5.74, 6) is -0.261. The van der Waals surface area contributed by atoms with Crippen molar-refractivity contribution in [3.05, 3.63) is 11.9 Å². The molecule has 25 heavy (non-hydrogen) atoms. The standard InChI is InChI=1S/C16H25N5O4/c1-11-8-12(4-6-21(11)14(22)13-9-17-20-19-13)18-15(23)16(24-2)5-3-7-25-10-16/h9,11-12H,3-8,10H2,1-2H3,(H,18,23)(H,17,19,20). The molecule has 0 saturated carbocycles. The summed E-state index contributed by atoms with van der Waals surface area (Å²) < 4.78 is 10.9. The van der Waals surface area contributed by atoms with Crippen molar-refractivity contribution < 1.29 is 19.1 Å². The highest BCUT2D eigenvalue weighted by Gasteiger charge is 2.42. The molecule has 9 heteroatoms. The normalized spacial score (nSPS) is 30.1. The van der Waals surface area contributed by atoms with Gasteiger partial charge in [0.2, 0.25) is 0 Å². The van der Waals surface area contributed by atoms with Crippen LogP contribution in [0.15, 0.2) is 6.20 Å². The Labute approximate surface area is 146 Å². The lowest BCUT2D eigenvalue weighted by molar-refractivity contribution is -0.161. The number of nitrogens with zero attached hydrogens (tertiary/aromatic N) is 3. The molecule has 2 aliphatic rings. The second-order valence-corrected chi connectivity index (χ2v) is 6.75. The van der Waals surface area contributed by atoms with Crippen molar-refractivity contribution in [3.63, 3.8) is 0 Å². The molecule has 1 aromatic heterocycles. The maximum Gasteiger partial charge on any atom is 0.276 e. The molecule has 2 N–H and O–H groups in total. The Balaban J connectivity index is 1.57. The first kappa shape index (κ1) is 17.8. The molecule has 0 radical (unpaired) electrons. The highest BCUT2D eigenvalue weighted by molar-refractivity contribution is 5.92. The van der Waals surface area contributed by atoms with Crippen LogP contribution in [0.4, 0.5) is 0 Å². The van der Waals surface area contributed by atoms with E-state index < -0.39 is 5.60 Å². The Morgan fingerprint density at radius 3 is 2.96 bits per heavy atom. The number of hydrogen-bond donors (Lipinski definition) is 2. The number of ether oxygens (including phenoxy) is 2. The molecule has 2 saturated heterocycles. The van der Waals surface area contributed by atoms with Gasteiger partial charge in [-0.05, 0) is 32.6 Å². The number of nitrogens with one attached hydrogen (secondary N) is 2. The topological polar surface area (TPSA) is 109 Å². The predicted molar refractivity (Wildman–Crippen MR) is 87.8 cm³/mol. The quantitative estimate of drug-likeness (QED) is 0.797. The van der Waals surface area contributed by atoms with Crippen molar-refractivity contribution in [2.75, 3.05) is 26.9 Å². The summed E-state index contributed by atoms with van der Waals surface area (Å²) in [6.45, 7) is 3.49. The summed E-state index contributed by atoms with van der Waals surface area (Å²) in [5.41, 5.74) is -0.582. The van der Waals surface area contributed by atoms with Crippen LogP contribution in [0.25, 0.3) is 0 Å².